The Hall–Kier alpha value is -3.16. The molecule has 0 bridgehead atoms. The molecule has 0 radical (unpaired) electrons. The SMILES string of the molecule is CC.CCC(C)C(C)OCCCSc1ccc(C2(c3ccc(SCCCO)cc3)c3ccccc3-c3nc4ccccc4nc32)cc1. The third kappa shape index (κ3) is 7.46. The van der Waals surface area contributed by atoms with Crippen molar-refractivity contribution in [3.63, 3.8) is 0 Å². The summed E-state index contributed by atoms with van der Waals surface area (Å²) in [7, 11) is 0. The van der Waals surface area contributed by atoms with Crippen LogP contribution in [-0.4, -0.2) is 45.9 Å². The minimum absolute atomic E-state index is 0.216. The molecule has 0 saturated heterocycles. The van der Waals surface area contributed by atoms with Gasteiger partial charge in [0.05, 0.1) is 33.9 Å². The van der Waals surface area contributed by atoms with Crippen LogP contribution in [0.25, 0.3) is 22.3 Å². The first kappa shape index (κ1) is 35.2. The van der Waals surface area contributed by atoms with E-state index >= 15 is 0 Å². The number of aliphatic hydroxyl groups excluding tert-OH is 1. The molecule has 3 atom stereocenters. The first-order valence-electron chi connectivity index (χ1n) is 17.1. The maximum Gasteiger partial charge on any atom is 0.0944 e. The van der Waals surface area contributed by atoms with Crippen molar-refractivity contribution in [3.8, 4) is 11.3 Å². The molecular weight excluding hydrogens is 617 g/mol. The minimum Gasteiger partial charge on any atom is -0.396 e. The molecule has 1 N–H and O–H groups in total. The molecule has 0 aliphatic heterocycles. The van der Waals surface area contributed by atoms with Gasteiger partial charge in [0.2, 0.25) is 0 Å². The zero-order chi connectivity index (χ0) is 33.2. The number of aromatic nitrogens is 2. The van der Waals surface area contributed by atoms with Crippen LogP contribution in [0, 0.1) is 5.92 Å². The molecule has 6 rings (SSSR count). The lowest BCUT2D eigenvalue weighted by molar-refractivity contribution is 0.0300. The van der Waals surface area contributed by atoms with E-state index in [0.29, 0.717) is 12.0 Å². The lowest BCUT2D eigenvalue weighted by Crippen LogP contribution is -2.29. The molecule has 246 valence electrons. The van der Waals surface area contributed by atoms with Crippen molar-refractivity contribution in [2.75, 3.05) is 24.7 Å². The summed E-state index contributed by atoms with van der Waals surface area (Å²) >= 11 is 3.67. The summed E-state index contributed by atoms with van der Waals surface area (Å²) in [6, 6.07) is 34.9. The fraction of sp³-hybridized carbons (Fsp3) is 0.366. The molecule has 1 aliphatic rings. The van der Waals surface area contributed by atoms with E-state index < -0.39 is 5.41 Å². The maximum absolute atomic E-state index is 9.26. The third-order valence-corrected chi connectivity index (χ3v) is 11.2. The molecular formula is C41H48N2O2S2. The lowest BCUT2D eigenvalue weighted by Gasteiger charge is -2.32. The summed E-state index contributed by atoms with van der Waals surface area (Å²) < 4.78 is 6.08. The first-order valence-corrected chi connectivity index (χ1v) is 19.1. The van der Waals surface area contributed by atoms with E-state index in [1.165, 1.54) is 26.5 Å². The number of fused-ring (bicyclic) bond motifs is 4. The highest BCUT2D eigenvalue weighted by atomic mass is 32.2. The summed E-state index contributed by atoms with van der Waals surface area (Å²) in [4.78, 5) is 13.0. The molecule has 6 heteroatoms. The molecule has 4 aromatic carbocycles. The Balaban J connectivity index is 0.00000213. The van der Waals surface area contributed by atoms with Gasteiger partial charge in [-0.25, -0.2) is 9.97 Å². The van der Waals surface area contributed by atoms with Crippen molar-refractivity contribution >= 4 is 34.6 Å². The van der Waals surface area contributed by atoms with Crippen LogP contribution in [0.4, 0.5) is 0 Å². The average molecular weight is 665 g/mol. The normalized spacial score (nSPS) is 16.2. The second-order valence-corrected chi connectivity index (χ2v) is 14.2. The highest BCUT2D eigenvalue weighted by molar-refractivity contribution is 7.99. The van der Waals surface area contributed by atoms with Gasteiger partial charge >= 0.3 is 0 Å². The van der Waals surface area contributed by atoms with Crippen molar-refractivity contribution in [2.45, 2.75) is 75.2 Å². The molecule has 1 aliphatic carbocycles. The summed E-state index contributed by atoms with van der Waals surface area (Å²) in [6.45, 7) is 11.7. The van der Waals surface area contributed by atoms with Crippen LogP contribution in [-0.2, 0) is 10.2 Å². The van der Waals surface area contributed by atoms with E-state index in [1.807, 2.05) is 43.8 Å². The maximum atomic E-state index is 9.26. The largest absolute Gasteiger partial charge is 0.396 e. The van der Waals surface area contributed by atoms with Crippen molar-refractivity contribution in [2.24, 2.45) is 5.92 Å². The topological polar surface area (TPSA) is 55.2 Å². The standard InChI is InChI=1S/C39H42N2O2S2.C2H6/c1-4-27(2)28(3)43-24-10-26-45-32-21-17-30(18-22-32)39(29-15-19-31(20-16-29)44-25-9-23-42)34-12-6-5-11-33(34)37-38(39)41-36-14-8-7-13-35(36)40-37;1-2/h5-8,11-22,27-28,42H,4,9-10,23-26H2,1-3H3;1-2H3. The summed E-state index contributed by atoms with van der Waals surface area (Å²) in [6.07, 6.45) is 3.27. The van der Waals surface area contributed by atoms with Gasteiger partial charge in [-0.05, 0) is 78.8 Å². The molecule has 0 saturated carbocycles. The highest BCUT2D eigenvalue weighted by Crippen LogP contribution is 2.55. The minimum atomic E-state index is -0.597. The number of para-hydroxylation sites is 2. The summed E-state index contributed by atoms with van der Waals surface area (Å²) in [5, 5.41) is 9.26. The number of rotatable bonds is 14. The Bertz CT molecular complexity index is 1720. The number of hydrogen-bond acceptors (Lipinski definition) is 6. The van der Waals surface area contributed by atoms with Crippen LogP contribution >= 0.6 is 23.5 Å². The molecule has 3 unspecified atom stereocenters. The molecule has 5 aromatic rings. The molecule has 0 amide bonds. The van der Waals surface area contributed by atoms with Crippen molar-refractivity contribution in [1.82, 2.24) is 9.97 Å². The molecule has 0 fully saturated rings. The lowest BCUT2D eigenvalue weighted by atomic mass is 9.69. The monoisotopic (exact) mass is 664 g/mol. The van der Waals surface area contributed by atoms with Crippen LogP contribution in [0.15, 0.2) is 107 Å². The number of thioether (sulfide) groups is 2. The Morgan fingerprint density at radius 2 is 1.28 bits per heavy atom. The van der Waals surface area contributed by atoms with Gasteiger partial charge in [-0.15, -0.1) is 23.5 Å². The van der Waals surface area contributed by atoms with Gasteiger partial charge in [-0.3, -0.25) is 0 Å². The van der Waals surface area contributed by atoms with Crippen molar-refractivity contribution in [1.29, 1.82) is 0 Å². The van der Waals surface area contributed by atoms with Crippen LogP contribution in [0.5, 0.6) is 0 Å². The van der Waals surface area contributed by atoms with Crippen molar-refractivity contribution in [3.05, 3.63) is 119 Å². The predicted octanol–water partition coefficient (Wildman–Crippen LogP) is 10.4. The van der Waals surface area contributed by atoms with Crippen LogP contribution in [0.2, 0.25) is 0 Å². The van der Waals surface area contributed by atoms with E-state index in [9.17, 15) is 5.11 Å². The van der Waals surface area contributed by atoms with Crippen molar-refractivity contribution < 1.29 is 9.84 Å². The fourth-order valence-electron chi connectivity index (χ4n) is 6.22. The second kappa shape index (κ2) is 16.8. The van der Waals surface area contributed by atoms with Gasteiger partial charge in [0.25, 0.3) is 0 Å². The van der Waals surface area contributed by atoms with E-state index in [1.54, 1.807) is 11.8 Å². The van der Waals surface area contributed by atoms with E-state index in [4.69, 9.17) is 14.7 Å². The van der Waals surface area contributed by atoms with Gasteiger partial charge in [0.15, 0.2) is 0 Å². The van der Waals surface area contributed by atoms with Gasteiger partial charge < -0.3 is 9.84 Å². The van der Waals surface area contributed by atoms with Gasteiger partial charge in [0.1, 0.15) is 0 Å². The average Bonchev–Trinajstić information content (AvgIpc) is 3.41. The third-order valence-electron chi connectivity index (χ3n) is 9.04. The predicted molar refractivity (Wildman–Crippen MR) is 201 cm³/mol. The van der Waals surface area contributed by atoms with Gasteiger partial charge in [0, 0.05) is 40.1 Å². The van der Waals surface area contributed by atoms with Gasteiger partial charge in [-0.1, -0.05) is 94.8 Å². The quantitative estimate of drug-likeness (QED) is 0.0924. The van der Waals surface area contributed by atoms with Crippen LogP contribution in [0.3, 0.4) is 0 Å². The number of ether oxygens (including phenoxy) is 1. The smallest absolute Gasteiger partial charge is 0.0944 e. The zero-order valence-corrected chi connectivity index (χ0v) is 30.0. The van der Waals surface area contributed by atoms with Crippen LogP contribution < -0.4 is 0 Å². The Morgan fingerprint density at radius 1 is 0.723 bits per heavy atom. The Labute approximate surface area is 289 Å². The Kier molecular flexibility index (Phi) is 12.6. The second-order valence-electron chi connectivity index (χ2n) is 11.8. The van der Waals surface area contributed by atoms with E-state index in [2.05, 4.69) is 99.6 Å². The molecule has 0 spiro atoms. The Morgan fingerprint density at radius 3 is 1.87 bits per heavy atom. The molecule has 1 aromatic heterocycles. The fourth-order valence-corrected chi connectivity index (χ4v) is 7.88. The molecule has 47 heavy (non-hydrogen) atoms. The summed E-state index contributed by atoms with van der Waals surface area (Å²) in [5.41, 5.74) is 7.87. The highest BCUT2D eigenvalue weighted by Gasteiger charge is 2.48. The molecule has 1 heterocycles. The van der Waals surface area contributed by atoms with Gasteiger partial charge in [-0.2, -0.15) is 0 Å². The van der Waals surface area contributed by atoms with E-state index in [0.717, 1.165) is 65.4 Å². The number of aliphatic hydroxyl groups is 1. The molecule has 4 nitrogen and oxygen atoms in total. The number of benzene rings is 4. The number of nitrogens with zero attached hydrogens (tertiary/aromatic N) is 2. The summed E-state index contributed by atoms with van der Waals surface area (Å²) in [5.74, 6) is 2.51. The van der Waals surface area contributed by atoms with Crippen LogP contribution in [0.1, 0.15) is 76.3 Å². The van der Waals surface area contributed by atoms with E-state index in [-0.39, 0.29) is 6.61 Å². The first-order chi connectivity index (χ1) is 23.1. The number of hydrogen-bond donors (Lipinski definition) is 1. The zero-order valence-electron chi connectivity index (χ0n) is 28.4.